The molecule has 23 heavy (non-hydrogen) atoms. The Morgan fingerprint density at radius 2 is 1.35 bits per heavy atom. The molecule has 0 atom stereocenters. The molecule has 0 radical (unpaired) electrons. The molecule has 1 N–H and O–H groups in total. The highest BCUT2D eigenvalue weighted by Crippen LogP contribution is 2.37. The predicted molar refractivity (Wildman–Crippen MR) is 93.9 cm³/mol. The van der Waals surface area contributed by atoms with E-state index in [9.17, 15) is 9.90 Å². The predicted octanol–water partition coefficient (Wildman–Crippen LogP) is 5.18. The smallest absolute Gasteiger partial charge is 0.153 e. The standard InChI is InChI=1S/C21H14O2/c22-13-17-12-16(9-10-20(17)23)21-18-7-3-1-5-14(18)11-15-6-2-4-8-19(15)21/h1-13,23H. The molecule has 0 aliphatic heterocycles. The number of phenols is 1. The minimum Gasteiger partial charge on any atom is -0.507 e. The van der Waals surface area contributed by atoms with Crippen molar-refractivity contribution in [1.29, 1.82) is 0 Å². The van der Waals surface area contributed by atoms with E-state index < -0.39 is 0 Å². The monoisotopic (exact) mass is 298 g/mol. The van der Waals surface area contributed by atoms with E-state index in [1.54, 1.807) is 12.1 Å². The molecule has 0 heterocycles. The molecule has 0 amide bonds. The maximum absolute atomic E-state index is 11.2. The molecule has 0 saturated carbocycles. The lowest BCUT2D eigenvalue weighted by molar-refractivity contribution is 0.112. The van der Waals surface area contributed by atoms with Crippen LogP contribution >= 0.6 is 0 Å². The first-order chi connectivity index (χ1) is 11.3. The molecule has 0 aliphatic rings. The summed E-state index contributed by atoms with van der Waals surface area (Å²) in [7, 11) is 0. The van der Waals surface area contributed by atoms with Crippen molar-refractivity contribution in [2.75, 3.05) is 0 Å². The van der Waals surface area contributed by atoms with Crippen molar-refractivity contribution in [2.45, 2.75) is 0 Å². The lowest BCUT2D eigenvalue weighted by Gasteiger charge is -2.12. The lowest BCUT2D eigenvalue weighted by Crippen LogP contribution is -1.88. The van der Waals surface area contributed by atoms with Crippen LogP contribution in [0, 0.1) is 0 Å². The van der Waals surface area contributed by atoms with Crippen LogP contribution in [0.1, 0.15) is 10.4 Å². The van der Waals surface area contributed by atoms with Gasteiger partial charge in [-0.3, -0.25) is 4.79 Å². The van der Waals surface area contributed by atoms with Gasteiger partial charge in [-0.2, -0.15) is 0 Å². The number of fused-ring (bicyclic) bond motifs is 2. The Labute approximate surface area is 133 Å². The van der Waals surface area contributed by atoms with E-state index in [0.29, 0.717) is 11.8 Å². The third-order valence-electron chi connectivity index (χ3n) is 4.21. The van der Waals surface area contributed by atoms with Crippen LogP contribution in [0.25, 0.3) is 32.7 Å². The fourth-order valence-electron chi connectivity index (χ4n) is 3.13. The Kier molecular flexibility index (Phi) is 3.09. The second kappa shape index (κ2) is 5.25. The number of carbonyl (C=O) groups excluding carboxylic acids is 1. The number of hydrogen-bond acceptors (Lipinski definition) is 2. The molecule has 2 heteroatoms. The molecule has 4 rings (SSSR count). The molecule has 0 saturated heterocycles. The minimum atomic E-state index is 0.00768. The SMILES string of the molecule is O=Cc1cc(-c2c3ccccc3cc3ccccc23)ccc1O. The Bertz CT molecular complexity index is 994. The first-order valence-corrected chi connectivity index (χ1v) is 7.47. The van der Waals surface area contributed by atoms with Gasteiger partial charge in [0.1, 0.15) is 5.75 Å². The fourth-order valence-corrected chi connectivity index (χ4v) is 3.13. The average Bonchev–Trinajstić information content (AvgIpc) is 2.60. The van der Waals surface area contributed by atoms with Crippen LogP contribution in [0.5, 0.6) is 5.75 Å². The molecule has 0 aromatic heterocycles. The zero-order valence-corrected chi connectivity index (χ0v) is 12.4. The first kappa shape index (κ1) is 13.5. The second-order valence-corrected chi connectivity index (χ2v) is 5.59. The summed E-state index contributed by atoms with van der Waals surface area (Å²) in [6.45, 7) is 0. The molecule has 0 bridgehead atoms. The highest BCUT2D eigenvalue weighted by Gasteiger charge is 2.11. The summed E-state index contributed by atoms with van der Waals surface area (Å²) < 4.78 is 0. The third-order valence-corrected chi connectivity index (χ3v) is 4.21. The zero-order chi connectivity index (χ0) is 15.8. The minimum absolute atomic E-state index is 0.00768. The van der Waals surface area contributed by atoms with Crippen molar-refractivity contribution < 1.29 is 9.90 Å². The summed E-state index contributed by atoms with van der Waals surface area (Å²) in [4.78, 5) is 11.2. The van der Waals surface area contributed by atoms with Gasteiger partial charge in [0.05, 0.1) is 5.56 Å². The number of hydrogen-bond donors (Lipinski definition) is 1. The van der Waals surface area contributed by atoms with Gasteiger partial charge in [0.2, 0.25) is 0 Å². The Morgan fingerprint density at radius 1 is 0.739 bits per heavy atom. The van der Waals surface area contributed by atoms with Crippen LogP contribution < -0.4 is 0 Å². The van der Waals surface area contributed by atoms with E-state index in [4.69, 9.17) is 0 Å². The van der Waals surface area contributed by atoms with Gasteiger partial charge in [-0.05, 0) is 50.9 Å². The van der Waals surface area contributed by atoms with E-state index in [0.717, 1.165) is 32.7 Å². The largest absolute Gasteiger partial charge is 0.507 e. The van der Waals surface area contributed by atoms with Gasteiger partial charge in [-0.25, -0.2) is 0 Å². The van der Waals surface area contributed by atoms with Gasteiger partial charge in [-0.1, -0.05) is 54.6 Å². The number of phenolic OH excluding ortho intramolecular Hbond substituents is 1. The van der Waals surface area contributed by atoms with E-state index in [1.165, 1.54) is 0 Å². The highest BCUT2D eigenvalue weighted by atomic mass is 16.3. The highest BCUT2D eigenvalue weighted by molar-refractivity contribution is 6.12. The van der Waals surface area contributed by atoms with Crippen molar-refractivity contribution in [3.8, 4) is 16.9 Å². The van der Waals surface area contributed by atoms with E-state index in [1.807, 2.05) is 30.3 Å². The topological polar surface area (TPSA) is 37.3 Å². The van der Waals surface area contributed by atoms with E-state index in [-0.39, 0.29) is 5.75 Å². The lowest BCUT2D eigenvalue weighted by atomic mass is 9.91. The number of aromatic hydroxyl groups is 1. The average molecular weight is 298 g/mol. The van der Waals surface area contributed by atoms with Crippen LogP contribution in [0.2, 0.25) is 0 Å². The van der Waals surface area contributed by atoms with Crippen LogP contribution in [-0.2, 0) is 0 Å². The first-order valence-electron chi connectivity index (χ1n) is 7.47. The van der Waals surface area contributed by atoms with Gasteiger partial charge in [-0.15, -0.1) is 0 Å². The van der Waals surface area contributed by atoms with E-state index >= 15 is 0 Å². The maximum Gasteiger partial charge on any atom is 0.153 e. The molecular formula is C21H14O2. The van der Waals surface area contributed by atoms with Gasteiger partial charge in [0.25, 0.3) is 0 Å². The summed E-state index contributed by atoms with van der Waals surface area (Å²) in [5.41, 5.74) is 2.32. The van der Waals surface area contributed by atoms with Crippen LogP contribution in [-0.4, -0.2) is 11.4 Å². The van der Waals surface area contributed by atoms with Gasteiger partial charge in [0, 0.05) is 0 Å². The number of aldehydes is 1. The molecule has 0 aliphatic carbocycles. The summed E-state index contributed by atoms with van der Waals surface area (Å²) in [6, 6.07) is 23.8. The summed E-state index contributed by atoms with van der Waals surface area (Å²) in [6.07, 6.45) is 0.687. The Hall–Kier alpha value is -3.13. The van der Waals surface area contributed by atoms with Crippen LogP contribution in [0.4, 0.5) is 0 Å². The Morgan fingerprint density at radius 3 is 1.96 bits per heavy atom. The number of rotatable bonds is 2. The fraction of sp³-hybridized carbons (Fsp3) is 0. The maximum atomic E-state index is 11.2. The molecular weight excluding hydrogens is 284 g/mol. The van der Waals surface area contributed by atoms with Crippen molar-refractivity contribution in [3.63, 3.8) is 0 Å². The second-order valence-electron chi connectivity index (χ2n) is 5.59. The quantitative estimate of drug-likeness (QED) is 0.409. The summed E-state index contributed by atoms with van der Waals surface area (Å²) in [5.74, 6) is 0.00768. The molecule has 0 fully saturated rings. The van der Waals surface area contributed by atoms with Gasteiger partial charge >= 0.3 is 0 Å². The summed E-state index contributed by atoms with van der Waals surface area (Å²) >= 11 is 0. The van der Waals surface area contributed by atoms with Crippen molar-refractivity contribution in [1.82, 2.24) is 0 Å². The van der Waals surface area contributed by atoms with Crippen molar-refractivity contribution >= 4 is 27.8 Å². The van der Waals surface area contributed by atoms with Crippen LogP contribution in [0.15, 0.2) is 72.8 Å². The van der Waals surface area contributed by atoms with E-state index in [2.05, 4.69) is 30.3 Å². The van der Waals surface area contributed by atoms with Crippen LogP contribution in [0.3, 0.4) is 0 Å². The summed E-state index contributed by atoms with van der Waals surface area (Å²) in [5, 5.41) is 14.4. The molecule has 2 nitrogen and oxygen atoms in total. The Balaban J connectivity index is 2.17. The number of benzene rings is 4. The number of carbonyl (C=O) groups is 1. The molecule has 4 aromatic carbocycles. The van der Waals surface area contributed by atoms with Gasteiger partial charge in [0.15, 0.2) is 6.29 Å². The molecule has 110 valence electrons. The van der Waals surface area contributed by atoms with Crippen molar-refractivity contribution in [2.24, 2.45) is 0 Å². The molecule has 4 aromatic rings. The molecule has 0 spiro atoms. The van der Waals surface area contributed by atoms with Crippen molar-refractivity contribution in [3.05, 3.63) is 78.4 Å². The normalized spacial score (nSPS) is 11.0. The van der Waals surface area contributed by atoms with Gasteiger partial charge < -0.3 is 5.11 Å². The molecule has 0 unspecified atom stereocenters. The zero-order valence-electron chi connectivity index (χ0n) is 12.4. The third kappa shape index (κ3) is 2.16.